The van der Waals surface area contributed by atoms with Crippen LogP contribution in [0.15, 0.2) is 24.4 Å². The minimum atomic E-state index is -0.996. The molecule has 0 atom stereocenters. The normalized spacial score (nSPS) is 19.1. The summed E-state index contributed by atoms with van der Waals surface area (Å²) in [4.78, 5) is 31.4. The van der Waals surface area contributed by atoms with E-state index in [4.69, 9.17) is 4.74 Å². The topological polar surface area (TPSA) is 97.9 Å². The van der Waals surface area contributed by atoms with Crippen molar-refractivity contribution in [3.05, 3.63) is 35.7 Å². The number of hydrogen-bond donors (Lipinski definition) is 3. The molecule has 1 amide bonds. The maximum absolute atomic E-state index is 12.5. The number of hydrogen-bond acceptors (Lipinski definition) is 5. The molecule has 0 bridgehead atoms. The van der Waals surface area contributed by atoms with Gasteiger partial charge in [0, 0.05) is 61.3 Å². The number of aromatic nitrogens is 1. The third kappa shape index (κ3) is 3.55. The molecule has 1 saturated heterocycles. The molecule has 29 heavy (non-hydrogen) atoms. The molecule has 2 aliphatic rings. The van der Waals surface area contributed by atoms with Gasteiger partial charge in [-0.3, -0.25) is 0 Å². The summed E-state index contributed by atoms with van der Waals surface area (Å²) >= 11 is 0. The summed E-state index contributed by atoms with van der Waals surface area (Å²) in [5, 5.41) is 13.7. The van der Waals surface area contributed by atoms with Crippen LogP contribution < -0.4 is 10.1 Å². The Morgan fingerprint density at radius 1 is 1.17 bits per heavy atom. The number of ether oxygens (including phenoxy) is 1. The molecule has 3 heterocycles. The molecule has 1 aromatic heterocycles. The Morgan fingerprint density at radius 3 is 2.59 bits per heavy atom. The zero-order valence-electron chi connectivity index (χ0n) is 16.9. The number of likely N-dealkylation sites (N-methyl/N-ethyl adjacent to an activating group) is 1. The lowest BCUT2D eigenvalue weighted by atomic mass is 9.82. The van der Waals surface area contributed by atoms with Gasteiger partial charge in [0.25, 0.3) is 0 Å². The number of piperazine rings is 1. The van der Waals surface area contributed by atoms with Crippen molar-refractivity contribution in [2.45, 2.75) is 19.3 Å². The highest BCUT2D eigenvalue weighted by atomic mass is 16.6. The van der Waals surface area contributed by atoms with E-state index in [1.165, 1.54) is 0 Å². The molecule has 8 nitrogen and oxygen atoms in total. The SMILES string of the molecule is CN1CCN(C(=O)Oc2ccc3c4c([nH]c3c2)C(C(=O)O)=CNCC4(C)C)CC1. The van der Waals surface area contributed by atoms with Crippen LogP contribution in [0.4, 0.5) is 4.79 Å². The van der Waals surface area contributed by atoms with Crippen LogP contribution in [0, 0.1) is 0 Å². The van der Waals surface area contributed by atoms with Crippen molar-refractivity contribution in [2.24, 2.45) is 0 Å². The van der Waals surface area contributed by atoms with Crippen molar-refractivity contribution in [3.63, 3.8) is 0 Å². The Kier molecular flexibility index (Phi) is 4.74. The number of nitrogens with one attached hydrogen (secondary N) is 2. The standard InChI is InChI=1S/C21H26N4O4/c1-21(2)12-22-11-15(19(26)27)18-17(21)14-5-4-13(10-16(14)23-18)29-20(28)25-8-6-24(3)7-9-25/h4-5,10-11,22-23H,6-9,12H2,1-3H3,(H,26,27). The predicted molar refractivity (Wildman–Crippen MR) is 110 cm³/mol. The first-order valence-corrected chi connectivity index (χ1v) is 9.75. The Labute approximate surface area is 169 Å². The number of rotatable bonds is 2. The summed E-state index contributed by atoms with van der Waals surface area (Å²) in [6.07, 6.45) is 1.18. The number of carboxylic acids is 1. The molecule has 4 rings (SSSR count). The van der Waals surface area contributed by atoms with Crippen molar-refractivity contribution in [1.82, 2.24) is 20.1 Å². The molecule has 3 N–H and O–H groups in total. The molecule has 0 spiro atoms. The molecule has 0 saturated carbocycles. The zero-order valence-corrected chi connectivity index (χ0v) is 16.9. The van der Waals surface area contributed by atoms with Crippen molar-refractivity contribution < 1.29 is 19.4 Å². The molecule has 2 aliphatic heterocycles. The van der Waals surface area contributed by atoms with E-state index in [2.05, 4.69) is 29.0 Å². The summed E-state index contributed by atoms with van der Waals surface area (Å²) in [7, 11) is 2.03. The number of benzene rings is 1. The number of aliphatic carboxylic acids is 1. The van der Waals surface area contributed by atoms with Crippen LogP contribution in [0.2, 0.25) is 0 Å². The van der Waals surface area contributed by atoms with Crippen LogP contribution in [0.25, 0.3) is 16.5 Å². The Bertz CT molecular complexity index is 1000. The largest absolute Gasteiger partial charge is 0.478 e. The minimum Gasteiger partial charge on any atom is -0.478 e. The molecule has 1 fully saturated rings. The van der Waals surface area contributed by atoms with E-state index in [1.807, 2.05) is 13.1 Å². The average molecular weight is 398 g/mol. The molecule has 0 unspecified atom stereocenters. The van der Waals surface area contributed by atoms with Crippen LogP contribution in [-0.4, -0.2) is 71.7 Å². The number of nitrogens with zero attached hydrogens (tertiary/aromatic N) is 2. The van der Waals surface area contributed by atoms with Gasteiger partial charge in [0.2, 0.25) is 0 Å². The van der Waals surface area contributed by atoms with Gasteiger partial charge in [0.15, 0.2) is 0 Å². The Morgan fingerprint density at radius 2 is 1.90 bits per heavy atom. The Hall–Kier alpha value is -3.00. The van der Waals surface area contributed by atoms with E-state index >= 15 is 0 Å². The zero-order chi connectivity index (χ0) is 20.8. The van der Waals surface area contributed by atoms with Gasteiger partial charge in [-0.05, 0) is 24.7 Å². The van der Waals surface area contributed by atoms with E-state index in [0.717, 1.165) is 29.6 Å². The second kappa shape index (κ2) is 7.11. The molecular weight excluding hydrogens is 372 g/mol. The molecule has 2 aromatic rings. The lowest BCUT2D eigenvalue weighted by Crippen LogP contribution is -2.48. The fourth-order valence-electron chi connectivity index (χ4n) is 4.04. The number of H-pyrrole nitrogens is 1. The maximum atomic E-state index is 12.5. The summed E-state index contributed by atoms with van der Waals surface area (Å²) in [6, 6.07) is 5.42. The third-order valence-electron chi connectivity index (χ3n) is 5.70. The van der Waals surface area contributed by atoms with Crippen LogP contribution in [0.5, 0.6) is 5.75 Å². The number of carbonyl (C=O) groups excluding carboxylic acids is 1. The fraction of sp³-hybridized carbons (Fsp3) is 0.429. The monoisotopic (exact) mass is 398 g/mol. The van der Waals surface area contributed by atoms with E-state index < -0.39 is 5.97 Å². The second-order valence-corrected chi connectivity index (χ2v) is 8.37. The van der Waals surface area contributed by atoms with Crippen LogP contribution in [0.1, 0.15) is 25.1 Å². The van der Waals surface area contributed by atoms with E-state index in [1.54, 1.807) is 23.2 Å². The van der Waals surface area contributed by atoms with Crippen molar-refractivity contribution in [2.75, 3.05) is 39.8 Å². The highest BCUT2D eigenvalue weighted by Crippen LogP contribution is 2.39. The lowest BCUT2D eigenvalue weighted by molar-refractivity contribution is -0.130. The van der Waals surface area contributed by atoms with Crippen molar-refractivity contribution in [1.29, 1.82) is 0 Å². The molecule has 0 aliphatic carbocycles. The van der Waals surface area contributed by atoms with Gasteiger partial charge >= 0.3 is 12.1 Å². The number of fused-ring (bicyclic) bond motifs is 3. The van der Waals surface area contributed by atoms with Crippen molar-refractivity contribution in [3.8, 4) is 5.75 Å². The quantitative estimate of drug-likeness (QED) is 0.718. The fourth-order valence-corrected chi connectivity index (χ4v) is 4.04. The average Bonchev–Trinajstić information content (AvgIpc) is 2.98. The summed E-state index contributed by atoms with van der Waals surface area (Å²) < 4.78 is 5.59. The molecule has 1 aromatic carbocycles. The van der Waals surface area contributed by atoms with Gasteiger partial charge in [-0.2, -0.15) is 0 Å². The number of carboxylic acid groups (broad SMARTS) is 1. The third-order valence-corrected chi connectivity index (χ3v) is 5.70. The number of carbonyl (C=O) groups is 2. The van der Waals surface area contributed by atoms with Crippen LogP contribution in [-0.2, 0) is 10.2 Å². The summed E-state index contributed by atoms with van der Waals surface area (Å²) in [6.45, 7) is 7.70. The molecule has 8 heteroatoms. The van der Waals surface area contributed by atoms with Gasteiger partial charge in [-0.1, -0.05) is 13.8 Å². The molecule has 0 radical (unpaired) electrons. The lowest BCUT2D eigenvalue weighted by Gasteiger charge is -2.31. The molecule has 154 valence electrons. The maximum Gasteiger partial charge on any atom is 0.415 e. The van der Waals surface area contributed by atoms with Gasteiger partial charge in [-0.15, -0.1) is 0 Å². The van der Waals surface area contributed by atoms with Crippen LogP contribution >= 0.6 is 0 Å². The highest BCUT2D eigenvalue weighted by Gasteiger charge is 2.33. The second-order valence-electron chi connectivity index (χ2n) is 8.37. The molecular formula is C21H26N4O4. The van der Waals surface area contributed by atoms with Crippen molar-refractivity contribution >= 4 is 28.5 Å². The van der Waals surface area contributed by atoms with Gasteiger partial charge < -0.3 is 29.9 Å². The van der Waals surface area contributed by atoms with E-state index in [0.29, 0.717) is 31.1 Å². The Balaban J connectivity index is 1.67. The van der Waals surface area contributed by atoms with E-state index in [9.17, 15) is 14.7 Å². The first-order valence-electron chi connectivity index (χ1n) is 9.75. The van der Waals surface area contributed by atoms with Crippen LogP contribution in [0.3, 0.4) is 0 Å². The predicted octanol–water partition coefficient (Wildman–Crippen LogP) is 2.22. The number of aromatic amines is 1. The first kappa shape index (κ1) is 19.3. The summed E-state index contributed by atoms with van der Waals surface area (Å²) in [5.74, 6) is -0.556. The first-order chi connectivity index (χ1) is 13.8. The summed E-state index contributed by atoms with van der Waals surface area (Å²) in [5.41, 5.74) is 2.20. The van der Waals surface area contributed by atoms with E-state index in [-0.39, 0.29) is 17.1 Å². The minimum absolute atomic E-state index is 0.192. The van der Waals surface area contributed by atoms with Gasteiger partial charge in [-0.25, -0.2) is 9.59 Å². The smallest absolute Gasteiger partial charge is 0.415 e. The van der Waals surface area contributed by atoms with Gasteiger partial charge in [0.1, 0.15) is 5.75 Å². The van der Waals surface area contributed by atoms with Gasteiger partial charge in [0.05, 0.1) is 11.3 Å². The highest BCUT2D eigenvalue weighted by molar-refractivity contribution is 6.17. The number of amides is 1.